The van der Waals surface area contributed by atoms with E-state index in [1.54, 1.807) is 6.33 Å². The molecule has 0 spiro atoms. The van der Waals surface area contributed by atoms with Crippen molar-refractivity contribution in [3.8, 4) is 0 Å². The van der Waals surface area contributed by atoms with Crippen LogP contribution >= 0.6 is 11.6 Å². The number of aromatic nitrogens is 2. The maximum atomic E-state index is 13.9. The number of hydrogen-bond donors (Lipinski definition) is 0. The van der Waals surface area contributed by atoms with Crippen LogP contribution in [0.25, 0.3) is 0 Å². The van der Waals surface area contributed by atoms with Gasteiger partial charge in [-0.3, -0.25) is 9.69 Å². The summed E-state index contributed by atoms with van der Waals surface area (Å²) in [4.78, 5) is 32.4. The van der Waals surface area contributed by atoms with Gasteiger partial charge < -0.3 is 14.7 Å². The van der Waals surface area contributed by atoms with Gasteiger partial charge in [-0.05, 0) is 43.0 Å². The molecule has 8 heteroatoms. The number of benzene rings is 1. The van der Waals surface area contributed by atoms with Crippen LogP contribution < -0.4 is 4.90 Å². The third-order valence-electron chi connectivity index (χ3n) is 8.07. The molecule has 5 rings (SSSR count). The van der Waals surface area contributed by atoms with E-state index in [2.05, 4.69) is 43.4 Å². The Hall–Kier alpha value is -2.22. The molecule has 2 atom stereocenters. The maximum absolute atomic E-state index is 13.9. The van der Waals surface area contributed by atoms with Crippen LogP contribution in [0.3, 0.4) is 0 Å². The number of rotatable bonds is 6. The van der Waals surface area contributed by atoms with Gasteiger partial charge in [-0.1, -0.05) is 37.6 Å². The second-order valence-corrected chi connectivity index (χ2v) is 10.6. The Balaban J connectivity index is 1.28. The van der Waals surface area contributed by atoms with Gasteiger partial charge in [0.2, 0.25) is 5.91 Å². The van der Waals surface area contributed by atoms with E-state index >= 15 is 0 Å². The summed E-state index contributed by atoms with van der Waals surface area (Å²) in [5.41, 5.74) is 3.58. The molecule has 0 radical (unpaired) electrons. The van der Waals surface area contributed by atoms with Gasteiger partial charge in [0.15, 0.2) is 0 Å². The highest BCUT2D eigenvalue weighted by molar-refractivity contribution is 6.30. The number of piperazine rings is 2. The largest absolute Gasteiger partial charge is 0.353 e. The van der Waals surface area contributed by atoms with Crippen molar-refractivity contribution in [2.45, 2.75) is 38.5 Å². The van der Waals surface area contributed by atoms with Crippen molar-refractivity contribution in [2.24, 2.45) is 0 Å². The normalized spacial score (nSPS) is 22.3. The van der Waals surface area contributed by atoms with Crippen LogP contribution in [0.5, 0.6) is 0 Å². The maximum Gasteiger partial charge on any atom is 0.231 e. The zero-order chi connectivity index (χ0) is 24.4. The fourth-order valence-corrected chi connectivity index (χ4v) is 5.93. The molecule has 0 bridgehead atoms. The fourth-order valence-electron chi connectivity index (χ4n) is 5.80. The smallest absolute Gasteiger partial charge is 0.231 e. The van der Waals surface area contributed by atoms with Crippen LogP contribution in [0.1, 0.15) is 48.9 Å². The molecule has 0 unspecified atom stereocenters. The predicted molar refractivity (Wildman–Crippen MR) is 140 cm³/mol. The quantitative estimate of drug-likeness (QED) is 0.612. The van der Waals surface area contributed by atoms with E-state index in [1.165, 1.54) is 11.3 Å². The van der Waals surface area contributed by atoms with Crippen LogP contribution in [-0.4, -0.2) is 96.0 Å². The first kappa shape index (κ1) is 24.5. The van der Waals surface area contributed by atoms with Gasteiger partial charge in [-0.25, -0.2) is 9.97 Å². The highest BCUT2D eigenvalue weighted by Crippen LogP contribution is 2.37. The van der Waals surface area contributed by atoms with E-state index in [9.17, 15) is 4.79 Å². The summed E-state index contributed by atoms with van der Waals surface area (Å²) in [6.45, 7) is 13.6. The molecule has 1 aromatic carbocycles. The molecule has 0 saturated carbocycles. The topological polar surface area (TPSA) is 55.8 Å². The van der Waals surface area contributed by atoms with Crippen molar-refractivity contribution in [1.29, 1.82) is 0 Å². The summed E-state index contributed by atoms with van der Waals surface area (Å²) >= 11 is 6.17. The number of carbonyl (C=O) groups is 1. The molecule has 2 saturated heterocycles. The SMILES string of the molecule is CCN1CCN(C[C@H](C(=O)N2CCN(c3ncnc4c3[C@H](C)CC4)CC2)c2ccc(Cl)cc2)CC1. The third-order valence-corrected chi connectivity index (χ3v) is 8.32. The van der Waals surface area contributed by atoms with Gasteiger partial charge in [-0.2, -0.15) is 0 Å². The first-order valence-electron chi connectivity index (χ1n) is 13.1. The molecule has 1 aliphatic carbocycles. The Bertz CT molecular complexity index is 1010. The van der Waals surface area contributed by atoms with Crippen molar-refractivity contribution >= 4 is 23.3 Å². The molecule has 3 heterocycles. The minimum Gasteiger partial charge on any atom is -0.353 e. The number of hydrogen-bond acceptors (Lipinski definition) is 6. The molecular formula is C27H37ClN6O. The molecule has 35 heavy (non-hydrogen) atoms. The zero-order valence-electron chi connectivity index (χ0n) is 21.0. The number of halogens is 1. The number of aryl methyl sites for hydroxylation is 1. The van der Waals surface area contributed by atoms with E-state index in [0.29, 0.717) is 10.9 Å². The summed E-state index contributed by atoms with van der Waals surface area (Å²) in [6.07, 6.45) is 3.90. The molecule has 7 nitrogen and oxygen atoms in total. The molecule has 3 aliphatic rings. The predicted octanol–water partition coefficient (Wildman–Crippen LogP) is 3.25. The molecule has 0 N–H and O–H groups in total. The lowest BCUT2D eigenvalue weighted by molar-refractivity contribution is -0.133. The summed E-state index contributed by atoms with van der Waals surface area (Å²) in [5.74, 6) is 1.64. The van der Waals surface area contributed by atoms with E-state index in [-0.39, 0.29) is 11.8 Å². The van der Waals surface area contributed by atoms with Gasteiger partial charge in [-0.15, -0.1) is 0 Å². The minimum absolute atomic E-state index is 0.171. The average molecular weight is 497 g/mol. The van der Waals surface area contributed by atoms with Gasteiger partial charge in [0.1, 0.15) is 12.1 Å². The van der Waals surface area contributed by atoms with Crippen LogP contribution in [-0.2, 0) is 11.2 Å². The lowest BCUT2D eigenvalue weighted by Gasteiger charge is -2.40. The second-order valence-electron chi connectivity index (χ2n) is 10.1. The van der Waals surface area contributed by atoms with Gasteiger partial charge in [0.25, 0.3) is 0 Å². The summed E-state index contributed by atoms with van der Waals surface area (Å²) in [6, 6.07) is 7.85. The Morgan fingerprint density at radius 2 is 1.69 bits per heavy atom. The number of amides is 1. The number of anilines is 1. The molecule has 1 aromatic heterocycles. The van der Waals surface area contributed by atoms with Crippen molar-refractivity contribution in [3.05, 3.63) is 52.4 Å². The molecule has 2 aliphatic heterocycles. The van der Waals surface area contributed by atoms with Crippen LogP contribution in [0.2, 0.25) is 5.02 Å². The first-order valence-corrected chi connectivity index (χ1v) is 13.5. The number of likely N-dealkylation sites (N-methyl/N-ethyl adjacent to an activating group) is 1. The Morgan fingerprint density at radius 1 is 1.00 bits per heavy atom. The average Bonchev–Trinajstić information content (AvgIpc) is 3.29. The molecule has 1 amide bonds. The van der Waals surface area contributed by atoms with Crippen molar-refractivity contribution in [2.75, 3.05) is 70.3 Å². The van der Waals surface area contributed by atoms with E-state index in [0.717, 1.165) is 89.7 Å². The van der Waals surface area contributed by atoms with Crippen LogP contribution in [0, 0.1) is 0 Å². The van der Waals surface area contributed by atoms with Crippen LogP contribution in [0.15, 0.2) is 30.6 Å². The summed E-state index contributed by atoms with van der Waals surface area (Å²) in [5, 5.41) is 0.705. The lowest BCUT2D eigenvalue weighted by atomic mass is 9.96. The summed E-state index contributed by atoms with van der Waals surface area (Å²) in [7, 11) is 0. The lowest BCUT2D eigenvalue weighted by Crippen LogP contribution is -2.53. The molecular weight excluding hydrogens is 460 g/mol. The highest BCUT2D eigenvalue weighted by atomic mass is 35.5. The van der Waals surface area contributed by atoms with E-state index < -0.39 is 0 Å². The number of fused-ring (bicyclic) bond motifs is 1. The fraction of sp³-hybridized carbons (Fsp3) is 0.593. The number of nitrogens with zero attached hydrogens (tertiary/aromatic N) is 6. The van der Waals surface area contributed by atoms with E-state index in [1.807, 2.05) is 24.3 Å². The van der Waals surface area contributed by atoms with Gasteiger partial charge in [0, 0.05) is 75.2 Å². The van der Waals surface area contributed by atoms with Gasteiger partial charge in [0.05, 0.1) is 5.92 Å². The monoisotopic (exact) mass is 496 g/mol. The first-order chi connectivity index (χ1) is 17.0. The minimum atomic E-state index is -0.171. The molecule has 2 aromatic rings. The Morgan fingerprint density at radius 3 is 2.37 bits per heavy atom. The van der Waals surface area contributed by atoms with E-state index in [4.69, 9.17) is 11.6 Å². The van der Waals surface area contributed by atoms with Crippen molar-refractivity contribution in [1.82, 2.24) is 24.7 Å². The Kier molecular flexibility index (Phi) is 7.56. The summed E-state index contributed by atoms with van der Waals surface area (Å²) < 4.78 is 0. The molecule has 188 valence electrons. The van der Waals surface area contributed by atoms with Crippen molar-refractivity contribution in [3.63, 3.8) is 0 Å². The Labute approximate surface area is 214 Å². The molecule has 2 fully saturated rings. The number of carbonyl (C=O) groups excluding carboxylic acids is 1. The zero-order valence-corrected chi connectivity index (χ0v) is 21.8. The highest BCUT2D eigenvalue weighted by Gasteiger charge is 2.33. The third kappa shape index (κ3) is 5.32. The standard InChI is InChI=1S/C27H37ClN6O/c1-3-31-10-12-32(13-11-31)18-23(21-5-7-22(28)8-6-21)27(35)34-16-14-33(15-17-34)26-25-20(2)4-9-24(25)29-19-30-26/h5-8,19-20,23H,3-4,9-18H2,1-2H3/t20-,23+/m1/s1. The van der Waals surface area contributed by atoms with Crippen molar-refractivity contribution < 1.29 is 4.79 Å². The van der Waals surface area contributed by atoms with Crippen LogP contribution in [0.4, 0.5) is 5.82 Å². The second kappa shape index (κ2) is 10.8. The van der Waals surface area contributed by atoms with Gasteiger partial charge >= 0.3 is 0 Å².